The lowest BCUT2D eigenvalue weighted by Crippen LogP contribution is -2.26. The molecule has 0 spiro atoms. The molecule has 2 heteroatoms. The van der Waals surface area contributed by atoms with Crippen molar-refractivity contribution in [2.75, 3.05) is 6.54 Å². The number of hydrogen-bond acceptors (Lipinski definition) is 1. The third-order valence-corrected chi connectivity index (χ3v) is 2.33. The predicted molar refractivity (Wildman–Crippen MR) is 83.9 cm³/mol. The molecule has 1 amide bonds. The molecule has 0 aliphatic carbocycles. The fourth-order valence-electron chi connectivity index (χ4n) is 1.30. The molecule has 106 valence electrons. The van der Waals surface area contributed by atoms with Crippen LogP contribution in [0.2, 0.25) is 0 Å². The second-order valence-corrected chi connectivity index (χ2v) is 4.79. The van der Waals surface area contributed by atoms with Crippen molar-refractivity contribution < 1.29 is 4.79 Å². The highest BCUT2D eigenvalue weighted by atomic mass is 16.1. The van der Waals surface area contributed by atoms with Crippen LogP contribution in [0.25, 0.3) is 0 Å². The van der Waals surface area contributed by atoms with Crippen molar-refractivity contribution >= 4 is 5.91 Å². The molecule has 2 nitrogen and oxygen atoms in total. The monoisotopic (exact) mass is 261 g/mol. The van der Waals surface area contributed by atoms with Gasteiger partial charge in [-0.15, -0.1) is 0 Å². The lowest BCUT2D eigenvalue weighted by molar-refractivity contribution is -0.120. The summed E-state index contributed by atoms with van der Waals surface area (Å²) >= 11 is 0. The highest BCUT2D eigenvalue weighted by molar-refractivity contribution is 5.77. The normalized spacial score (nSPS) is 12.6. The molecule has 0 aromatic carbocycles. The average Bonchev–Trinajstić information content (AvgIpc) is 2.38. The molecule has 0 heterocycles. The summed E-state index contributed by atoms with van der Waals surface area (Å²) in [4.78, 5) is 11.4. The molecule has 0 bridgehead atoms. The van der Waals surface area contributed by atoms with Crippen LogP contribution in [-0.4, -0.2) is 12.5 Å². The van der Waals surface area contributed by atoms with E-state index in [2.05, 4.69) is 37.4 Å². The van der Waals surface area contributed by atoms with E-state index in [1.54, 1.807) is 0 Å². The second-order valence-electron chi connectivity index (χ2n) is 4.79. The summed E-state index contributed by atoms with van der Waals surface area (Å²) in [6.45, 7) is 6.93. The average molecular weight is 261 g/mol. The van der Waals surface area contributed by atoms with Gasteiger partial charge >= 0.3 is 0 Å². The van der Waals surface area contributed by atoms with Crippen LogP contribution in [0.3, 0.4) is 0 Å². The number of carbonyl (C=O) groups is 1. The summed E-state index contributed by atoms with van der Waals surface area (Å²) in [5.74, 6) is 0.594. The summed E-state index contributed by atoms with van der Waals surface area (Å²) in [5.41, 5.74) is 0. The van der Waals surface area contributed by atoms with Crippen LogP contribution >= 0.6 is 0 Å². The summed E-state index contributed by atoms with van der Waals surface area (Å²) in [5, 5.41) is 2.88. The molecule has 0 unspecified atom stereocenters. The molecule has 0 saturated heterocycles. The number of hydrogen-bond donors (Lipinski definition) is 1. The van der Waals surface area contributed by atoms with Gasteiger partial charge in [0.05, 0.1) is 0 Å². The lowest BCUT2D eigenvalue weighted by Gasteiger charge is -2.05. The zero-order valence-electron chi connectivity index (χ0n) is 12.4. The molecular weight excluding hydrogens is 234 g/mol. The van der Waals surface area contributed by atoms with E-state index in [9.17, 15) is 4.79 Å². The Balaban J connectivity index is 3.59. The van der Waals surface area contributed by atoms with Crippen molar-refractivity contribution in [1.82, 2.24) is 5.32 Å². The zero-order chi connectivity index (χ0) is 14.3. The van der Waals surface area contributed by atoms with Gasteiger partial charge in [-0.2, -0.15) is 0 Å². The number of amides is 1. The first kappa shape index (κ1) is 17.4. The van der Waals surface area contributed by atoms with Gasteiger partial charge < -0.3 is 5.32 Å². The molecule has 0 radical (unpaired) electrons. The van der Waals surface area contributed by atoms with Crippen LogP contribution in [-0.2, 0) is 4.79 Å². The highest BCUT2D eigenvalue weighted by Crippen LogP contribution is 1.94. The molecule has 0 aliphatic heterocycles. The number of unbranched alkanes of at least 4 members (excludes halogenated alkanes) is 1. The fourth-order valence-corrected chi connectivity index (χ4v) is 1.30. The maximum Gasteiger partial charge on any atom is 0.223 e. The summed E-state index contributed by atoms with van der Waals surface area (Å²) in [7, 11) is 0. The van der Waals surface area contributed by atoms with Crippen molar-refractivity contribution in [3.05, 3.63) is 48.6 Å². The van der Waals surface area contributed by atoms with E-state index in [1.165, 1.54) is 0 Å². The Morgan fingerprint density at radius 1 is 1.00 bits per heavy atom. The van der Waals surface area contributed by atoms with Gasteiger partial charge in [-0.1, -0.05) is 62.5 Å². The number of allylic oxidation sites excluding steroid dienone is 7. The van der Waals surface area contributed by atoms with Crippen LogP contribution < -0.4 is 5.32 Å². The lowest BCUT2D eigenvalue weighted by atomic mass is 10.2. The van der Waals surface area contributed by atoms with E-state index in [1.807, 2.05) is 37.3 Å². The van der Waals surface area contributed by atoms with Crippen LogP contribution in [0.4, 0.5) is 0 Å². The van der Waals surface area contributed by atoms with E-state index in [0.717, 1.165) is 19.4 Å². The quantitative estimate of drug-likeness (QED) is 0.490. The van der Waals surface area contributed by atoms with Gasteiger partial charge in [0.2, 0.25) is 5.91 Å². The minimum absolute atomic E-state index is 0.0904. The topological polar surface area (TPSA) is 29.1 Å². The maximum atomic E-state index is 11.4. The molecule has 0 aromatic heterocycles. The van der Waals surface area contributed by atoms with Crippen molar-refractivity contribution in [3.63, 3.8) is 0 Å². The molecule has 0 saturated carbocycles. The van der Waals surface area contributed by atoms with Gasteiger partial charge in [-0.3, -0.25) is 4.79 Å². The van der Waals surface area contributed by atoms with E-state index in [4.69, 9.17) is 0 Å². The molecule has 0 aliphatic rings. The van der Waals surface area contributed by atoms with Crippen molar-refractivity contribution in [1.29, 1.82) is 0 Å². The van der Waals surface area contributed by atoms with Crippen LogP contribution in [0.1, 0.15) is 40.0 Å². The van der Waals surface area contributed by atoms with Gasteiger partial charge in [0.15, 0.2) is 0 Å². The van der Waals surface area contributed by atoms with Crippen LogP contribution in [0.15, 0.2) is 48.6 Å². The van der Waals surface area contributed by atoms with Gasteiger partial charge in [0, 0.05) is 13.0 Å². The molecule has 0 atom stereocenters. The largest absolute Gasteiger partial charge is 0.356 e. The van der Waals surface area contributed by atoms with E-state index >= 15 is 0 Å². The molecule has 0 aromatic rings. The first-order valence-corrected chi connectivity index (χ1v) is 7.03. The molecular formula is C17H27NO. The zero-order valence-corrected chi connectivity index (χ0v) is 12.4. The van der Waals surface area contributed by atoms with Gasteiger partial charge in [0.1, 0.15) is 0 Å². The van der Waals surface area contributed by atoms with Gasteiger partial charge in [-0.05, 0) is 25.7 Å². The molecule has 1 N–H and O–H groups in total. The number of carbonyl (C=O) groups excluding carboxylic acids is 1. The van der Waals surface area contributed by atoms with Crippen LogP contribution in [0.5, 0.6) is 0 Å². The van der Waals surface area contributed by atoms with E-state index < -0.39 is 0 Å². The molecule has 0 fully saturated rings. The minimum atomic E-state index is 0.0904. The first-order valence-electron chi connectivity index (χ1n) is 7.03. The Kier molecular flexibility index (Phi) is 11.8. The number of nitrogens with one attached hydrogen (secondary N) is 1. The van der Waals surface area contributed by atoms with Gasteiger partial charge in [-0.25, -0.2) is 0 Å². The Morgan fingerprint density at radius 3 is 2.16 bits per heavy atom. The summed E-state index contributed by atoms with van der Waals surface area (Å²) in [6, 6.07) is 0. The molecule has 19 heavy (non-hydrogen) atoms. The third kappa shape index (κ3) is 14.4. The Bertz CT molecular complexity index is 335. The van der Waals surface area contributed by atoms with Gasteiger partial charge in [0.25, 0.3) is 0 Å². The SMILES string of the molecule is CC=CC=CCCC=CC=CCC(=O)NCC(C)C. The minimum Gasteiger partial charge on any atom is -0.356 e. The van der Waals surface area contributed by atoms with Crippen LogP contribution in [0, 0.1) is 5.92 Å². The maximum absolute atomic E-state index is 11.4. The van der Waals surface area contributed by atoms with E-state index in [0.29, 0.717) is 12.3 Å². The first-order chi connectivity index (χ1) is 9.16. The second kappa shape index (κ2) is 12.9. The fraction of sp³-hybridized carbons (Fsp3) is 0.471. The predicted octanol–water partition coefficient (Wildman–Crippen LogP) is 4.17. The Hall–Kier alpha value is -1.57. The summed E-state index contributed by atoms with van der Waals surface area (Å²) in [6.07, 6.45) is 18.7. The summed E-state index contributed by atoms with van der Waals surface area (Å²) < 4.78 is 0. The van der Waals surface area contributed by atoms with Crippen molar-refractivity contribution in [3.8, 4) is 0 Å². The number of rotatable bonds is 9. The molecule has 0 rings (SSSR count). The highest BCUT2D eigenvalue weighted by Gasteiger charge is 1.98. The van der Waals surface area contributed by atoms with E-state index in [-0.39, 0.29) is 5.91 Å². The van der Waals surface area contributed by atoms with Crippen molar-refractivity contribution in [2.24, 2.45) is 5.92 Å². The smallest absolute Gasteiger partial charge is 0.223 e. The third-order valence-electron chi connectivity index (χ3n) is 2.33. The Labute approximate surface area is 118 Å². The van der Waals surface area contributed by atoms with Crippen molar-refractivity contribution in [2.45, 2.75) is 40.0 Å². The standard InChI is InChI=1S/C17H27NO/c1-4-5-6-7-8-9-10-11-12-13-14-17(19)18-15-16(2)3/h4-7,10-13,16H,8-9,14-15H2,1-3H3,(H,18,19). The Morgan fingerprint density at radius 2 is 1.58 bits per heavy atom.